The van der Waals surface area contributed by atoms with Crippen LogP contribution in [-0.4, -0.2) is 9.52 Å². The molecule has 0 saturated carbocycles. The summed E-state index contributed by atoms with van der Waals surface area (Å²) >= 11 is 0. The Morgan fingerprint density at radius 3 is 2.14 bits per heavy atom. The van der Waals surface area contributed by atoms with Crippen LogP contribution in [0.25, 0.3) is 0 Å². The third-order valence-electron chi connectivity index (χ3n) is 6.90. The van der Waals surface area contributed by atoms with Crippen molar-refractivity contribution in [3.05, 3.63) is 76.4 Å². The van der Waals surface area contributed by atoms with E-state index in [9.17, 15) is 0 Å². The summed E-state index contributed by atoms with van der Waals surface area (Å²) in [7, 11) is -0.504. The number of hydrogen-bond donors (Lipinski definition) is 0. The van der Waals surface area contributed by atoms with Crippen LogP contribution in [0.1, 0.15) is 65.0 Å². The smallest absolute Gasteiger partial charge is 0.0706 e. The highest BCUT2D eigenvalue weighted by molar-refractivity contribution is 6.58. The van der Waals surface area contributed by atoms with Gasteiger partial charge in [-0.05, 0) is 70.8 Å². The zero-order valence-electron chi connectivity index (χ0n) is 19.0. The topological polar surface area (TPSA) is 0 Å². The summed E-state index contributed by atoms with van der Waals surface area (Å²) in [6.45, 7) is 16.3. The molecule has 0 spiro atoms. The van der Waals surface area contributed by atoms with E-state index < -0.39 is 9.52 Å². The first-order chi connectivity index (χ1) is 13.1. The van der Waals surface area contributed by atoms with Crippen molar-refractivity contribution in [1.29, 1.82) is 0 Å². The fraction of sp³-hybridized carbons (Fsp3) is 0.481. The molecule has 150 valence electrons. The Labute approximate surface area is 175 Å². The molecule has 0 fully saturated rings. The molecule has 1 aromatic rings. The Morgan fingerprint density at radius 1 is 0.964 bits per heavy atom. The Kier molecular flexibility index (Phi) is 6.05. The average Bonchev–Trinajstić information content (AvgIpc) is 2.77. The molecule has 2 unspecified atom stereocenters. The van der Waals surface area contributed by atoms with Crippen LogP contribution in [0.15, 0.2) is 65.3 Å². The standard InChI is InChI=1S/C27H38Si/c1-19(2)16-26(11-9-8-10-12-26)18-27(17-22(5)23(6)24(27)7)28-25-14-20(3)13-21(4)15-25/h8-11,13-15,17,19H,12,16,18,28H2,1-7H3. The second-order valence-corrected chi connectivity index (χ2v) is 12.5. The van der Waals surface area contributed by atoms with Crippen LogP contribution in [0, 0.1) is 25.2 Å². The molecule has 1 aromatic carbocycles. The summed E-state index contributed by atoms with van der Waals surface area (Å²) in [5, 5.41) is 1.88. The van der Waals surface area contributed by atoms with Gasteiger partial charge in [0.15, 0.2) is 0 Å². The van der Waals surface area contributed by atoms with Crippen molar-refractivity contribution < 1.29 is 0 Å². The SMILES string of the molecule is CC1=CC(CC2(CC(C)C)C=CC=CC2)([SiH2]c2cc(C)cc(C)c2)C(C)=C1C. The van der Waals surface area contributed by atoms with Gasteiger partial charge in [-0.3, -0.25) is 0 Å². The minimum Gasteiger partial charge on any atom is -0.0837 e. The molecule has 0 heterocycles. The lowest BCUT2D eigenvalue weighted by Crippen LogP contribution is -2.35. The van der Waals surface area contributed by atoms with E-state index in [-0.39, 0.29) is 10.5 Å². The summed E-state index contributed by atoms with van der Waals surface area (Å²) in [4.78, 5) is 0. The zero-order valence-corrected chi connectivity index (χ0v) is 20.4. The second-order valence-electron chi connectivity index (χ2n) is 10.0. The van der Waals surface area contributed by atoms with E-state index >= 15 is 0 Å². The second kappa shape index (κ2) is 8.03. The van der Waals surface area contributed by atoms with Crippen LogP contribution in [-0.2, 0) is 0 Å². The van der Waals surface area contributed by atoms with E-state index in [1.54, 1.807) is 10.8 Å². The first kappa shape index (κ1) is 21.1. The quantitative estimate of drug-likeness (QED) is 0.487. The van der Waals surface area contributed by atoms with Crippen molar-refractivity contribution in [2.24, 2.45) is 11.3 Å². The Hall–Kier alpha value is -1.60. The van der Waals surface area contributed by atoms with Crippen molar-refractivity contribution >= 4 is 14.7 Å². The number of rotatable bonds is 6. The number of benzene rings is 1. The monoisotopic (exact) mass is 390 g/mol. The summed E-state index contributed by atoms with van der Waals surface area (Å²) in [6, 6.07) is 7.22. The summed E-state index contributed by atoms with van der Waals surface area (Å²) < 4.78 is 0. The molecule has 0 nitrogen and oxygen atoms in total. The predicted molar refractivity (Wildman–Crippen MR) is 128 cm³/mol. The van der Waals surface area contributed by atoms with Gasteiger partial charge in [0, 0.05) is 5.04 Å². The number of aryl methyl sites for hydroxylation is 2. The van der Waals surface area contributed by atoms with Crippen LogP contribution in [0.2, 0.25) is 5.04 Å². The molecule has 0 radical (unpaired) electrons. The van der Waals surface area contributed by atoms with E-state index in [2.05, 4.69) is 97.0 Å². The normalized spacial score (nSPS) is 27.5. The molecule has 3 rings (SSSR count). The van der Waals surface area contributed by atoms with E-state index in [0.29, 0.717) is 5.92 Å². The first-order valence-electron chi connectivity index (χ1n) is 10.9. The maximum atomic E-state index is 2.66. The van der Waals surface area contributed by atoms with Gasteiger partial charge < -0.3 is 0 Å². The molecule has 0 N–H and O–H groups in total. The Balaban J connectivity index is 2.05. The van der Waals surface area contributed by atoms with Gasteiger partial charge in [0.25, 0.3) is 0 Å². The Morgan fingerprint density at radius 2 is 1.64 bits per heavy atom. The van der Waals surface area contributed by atoms with Crippen LogP contribution in [0.3, 0.4) is 0 Å². The fourth-order valence-corrected chi connectivity index (χ4v) is 8.91. The van der Waals surface area contributed by atoms with Gasteiger partial charge in [0.1, 0.15) is 0 Å². The van der Waals surface area contributed by atoms with E-state index in [0.717, 1.165) is 0 Å². The average molecular weight is 391 g/mol. The van der Waals surface area contributed by atoms with Crippen LogP contribution in [0.5, 0.6) is 0 Å². The van der Waals surface area contributed by atoms with Crippen molar-refractivity contribution in [3.63, 3.8) is 0 Å². The zero-order chi connectivity index (χ0) is 20.5. The summed E-state index contributed by atoms with van der Waals surface area (Å²) in [5.41, 5.74) is 7.79. The van der Waals surface area contributed by atoms with Gasteiger partial charge in [0.2, 0.25) is 0 Å². The van der Waals surface area contributed by atoms with Crippen LogP contribution in [0.4, 0.5) is 0 Å². The Bertz CT molecular complexity index is 844. The van der Waals surface area contributed by atoms with E-state index in [4.69, 9.17) is 0 Å². The predicted octanol–water partition coefficient (Wildman–Crippen LogP) is 6.49. The number of allylic oxidation sites excluding steroid dienone is 8. The van der Waals surface area contributed by atoms with Gasteiger partial charge in [0.05, 0.1) is 9.52 Å². The number of hydrogen-bond acceptors (Lipinski definition) is 0. The van der Waals surface area contributed by atoms with Crippen molar-refractivity contribution in [3.8, 4) is 0 Å². The lowest BCUT2D eigenvalue weighted by atomic mass is 9.69. The molecule has 0 amide bonds. The molecular formula is C27H38Si. The molecule has 2 aliphatic carbocycles. The molecular weight excluding hydrogens is 352 g/mol. The van der Waals surface area contributed by atoms with E-state index in [1.807, 2.05) is 0 Å². The van der Waals surface area contributed by atoms with Gasteiger partial charge in [-0.25, -0.2) is 0 Å². The highest BCUT2D eigenvalue weighted by atomic mass is 28.2. The molecule has 0 aliphatic heterocycles. The lowest BCUT2D eigenvalue weighted by Gasteiger charge is -2.42. The molecule has 1 heteroatoms. The highest BCUT2D eigenvalue weighted by Crippen LogP contribution is 2.56. The minimum absolute atomic E-state index is 0.263. The fourth-order valence-electron chi connectivity index (χ4n) is 5.77. The van der Waals surface area contributed by atoms with Crippen molar-refractivity contribution in [2.75, 3.05) is 0 Å². The molecule has 2 aliphatic rings. The van der Waals surface area contributed by atoms with Gasteiger partial charge in [-0.15, -0.1) is 0 Å². The van der Waals surface area contributed by atoms with Crippen molar-refractivity contribution in [2.45, 2.75) is 72.8 Å². The van der Waals surface area contributed by atoms with Crippen molar-refractivity contribution in [1.82, 2.24) is 0 Å². The largest absolute Gasteiger partial charge is 0.0837 e. The van der Waals surface area contributed by atoms with Crippen LogP contribution >= 0.6 is 0 Å². The molecule has 2 atom stereocenters. The summed E-state index contributed by atoms with van der Waals surface area (Å²) in [5.74, 6) is 0.716. The minimum atomic E-state index is -0.504. The van der Waals surface area contributed by atoms with Gasteiger partial charge in [-0.2, -0.15) is 0 Å². The molecule has 28 heavy (non-hydrogen) atoms. The van der Waals surface area contributed by atoms with Gasteiger partial charge in [-0.1, -0.05) is 89.9 Å². The highest BCUT2D eigenvalue weighted by Gasteiger charge is 2.43. The lowest BCUT2D eigenvalue weighted by molar-refractivity contribution is 0.265. The maximum Gasteiger partial charge on any atom is 0.0706 e. The van der Waals surface area contributed by atoms with Gasteiger partial charge >= 0.3 is 0 Å². The molecule has 0 saturated heterocycles. The maximum absolute atomic E-state index is 2.66. The van der Waals surface area contributed by atoms with Crippen LogP contribution < -0.4 is 5.19 Å². The third kappa shape index (κ3) is 4.35. The first-order valence-corrected chi connectivity index (χ1v) is 12.4. The molecule has 0 bridgehead atoms. The third-order valence-corrected chi connectivity index (χ3v) is 9.33. The summed E-state index contributed by atoms with van der Waals surface area (Å²) in [6.07, 6.45) is 15.8. The van der Waals surface area contributed by atoms with E-state index in [1.165, 1.54) is 41.5 Å². The molecule has 0 aromatic heterocycles.